The van der Waals surface area contributed by atoms with Gasteiger partial charge in [0.2, 0.25) is 0 Å². The Hall–Kier alpha value is -1.67. The molecule has 0 fully saturated rings. The zero-order chi connectivity index (χ0) is 12.3. The predicted molar refractivity (Wildman–Crippen MR) is 71.4 cm³/mol. The Morgan fingerprint density at radius 3 is 2.47 bits per heavy atom. The first-order valence-electron chi connectivity index (χ1n) is 5.39. The number of halogens is 1. The molecule has 2 rings (SSSR count). The molecule has 0 amide bonds. The monoisotopic (exact) mass is 247 g/mol. The average molecular weight is 248 g/mol. The van der Waals surface area contributed by atoms with Crippen molar-refractivity contribution >= 4 is 17.3 Å². The van der Waals surface area contributed by atoms with E-state index in [-0.39, 0.29) is 0 Å². The fraction of sp³-hybridized carbons (Fsp3) is 0.143. The van der Waals surface area contributed by atoms with Crippen molar-refractivity contribution < 1.29 is 4.74 Å². The van der Waals surface area contributed by atoms with Crippen molar-refractivity contribution in [1.29, 1.82) is 0 Å². The maximum absolute atomic E-state index is 6.06. The van der Waals surface area contributed by atoms with Crippen molar-refractivity contribution in [2.45, 2.75) is 13.5 Å². The summed E-state index contributed by atoms with van der Waals surface area (Å²) >= 11 is 6.06. The van der Waals surface area contributed by atoms with E-state index in [1.165, 1.54) is 5.56 Å². The molecule has 0 bridgehead atoms. The van der Waals surface area contributed by atoms with E-state index in [0.717, 1.165) is 11.3 Å². The summed E-state index contributed by atoms with van der Waals surface area (Å²) in [4.78, 5) is 0. The molecule has 2 aromatic carbocycles. The summed E-state index contributed by atoms with van der Waals surface area (Å²) in [6.45, 7) is 2.42. The summed E-state index contributed by atoms with van der Waals surface area (Å²) < 4.78 is 5.64. The first kappa shape index (κ1) is 11.8. The minimum atomic E-state index is 0.383. The second kappa shape index (κ2) is 5.11. The second-order valence-electron chi connectivity index (χ2n) is 3.91. The molecule has 0 aliphatic heterocycles. The van der Waals surface area contributed by atoms with E-state index in [1.807, 2.05) is 49.4 Å². The summed E-state index contributed by atoms with van der Waals surface area (Å²) in [5.74, 6) is 0.815. The van der Waals surface area contributed by atoms with Crippen molar-refractivity contribution in [3.8, 4) is 5.75 Å². The zero-order valence-corrected chi connectivity index (χ0v) is 10.4. The molecular formula is C14H14ClNO. The molecule has 0 aliphatic carbocycles. The lowest BCUT2D eigenvalue weighted by molar-refractivity contribution is 0.307. The zero-order valence-electron chi connectivity index (χ0n) is 9.61. The number of anilines is 1. The molecule has 3 heteroatoms. The van der Waals surface area contributed by atoms with Crippen LogP contribution in [-0.4, -0.2) is 0 Å². The maximum Gasteiger partial charge on any atom is 0.119 e. The van der Waals surface area contributed by atoms with Crippen LogP contribution in [-0.2, 0) is 6.61 Å². The minimum absolute atomic E-state index is 0.383. The van der Waals surface area contributed by atoms with E-state index < -0.39 is 0 Å². The summed E-state index contributed by atoms with van der Waals surface area (Å²) in [7, 11) is 0. The highest BCUT2D eigenvalue weighted by molar-refractivity contribution is 6.31. The molecule has 88 valence electrons. The maximum atomic E-state index is 6.06. The summed E-state index contributed by atoms with van der Waals surface area (Å²) in [6.07, 6.45) is 0. The van der Waals surface area contributed by atoms with Gasteiger partial charge in [0.25, 0.3) is 0 Å². The lowest BCUT2D eigenvalue weighted by atomic mass is 10.2. The molecule has 2 N–H and O–H groups in total. The molecular weight excluding hydrogens is 234 g/mol. The van der Waals surface area contributed by atoms with Gasteiger partial charge in [0.1, 0.15) is 12.4 Å². The van der Waals surface area contributed by atoms with Crippen LogP contribution in [0.25, 0.3) is 0 Å². The Morgan fingerprint density at radius 1 is 1.12 bits per heavy atom. The fourth-order valence-electron chi connectivity index (χ4n) is 1.52. The number of rotatable bonds is 3. The summed E-state index contributed by atoms with van der Waals surface area (Å²) in [5.41, 5.74) is 8.53. The first-order valence-corrected chi connectivity index (χ1v) is 5.77. The third-order valence-corrected chi connectivity index (χ3v) is 2.91. The van der Waals surface area contributed by atoms with E-state index in [4.69, 9.17) is 22.1 Å². The number of aryl methyl sites for hydroxylation is 1. The number of hydrogen-bond donors (Lipinski definition) is 1. The SMILES string of the molecule is Cc1ccc(OCc2c(N)cccc2Cl)cc1. The third-order valence-electron chi connectivity index (χ3n) is 2.56. The van der Waals surface area contributed by atoms with Crippen molar-refractivity contribution in [2.24, 2.45) is 0 Å². The van der Waals surface area contributed by atoms with Gasteiger partial charge in [-0.3, -0.25) is 0 Å². The molecule has 2 nitrogen and oxygen atoms in total. The fourth-order valence-corrected chi connectivity index (χ4v) is 1.75. The highest BCUT2D eigenvalue weighted by Crippen LogP contribution is 2.23. The molecule has 17 heavy (non-hydrogen) atoms. The van der Waals surface area contributed by atoms with Crippen LogP contribution < -0.4 is 10.5 Å². The van der Waals surface area contributed by atoms with Crippen LogP contribution in [0.4, 0.5) is 5.69 Å². The highest BCUT2D eigenvalue weighted by Gasteiger charge is 2.05. The second-order valence-corrected chi connectivity index (χ2v) is 4.32. The van der Waals surface area contributed by atoms with E-state index in [9.17, 15) is 0 Å². The van der Waals surface area contributed by atoms with E-state index in [0.29, 0.717) is 17.3 Å². The van der Waals surface area contributed by atoms with Crippen LogP contribution in [0.15, 0.2) is 42.5 Å². The van der Waals surface area contributed by atoms with Crippen LogP contribution in [0, 0.1) is 6.92 Å². The average Bonchev–Trinajstić information content (AvgIpc) is 2.31. The van der Waals surface area contributed by atoms with Gasteiger partial charge in [-0.25, -0.2) is 0 Å². The van der Waals surface area contributed by atoms with Crippen LogP contribution in [0.2, 0.25) is 5.02 Å². The lowest BCUT2D eigenvalue weighted by Gasteiger charge is -2.10. The Morgan fingerprint density at radius 2 is 1.82 bits per heavy atom. The molecule has 0 aromatic heterocycles. The normalized spacial score (nSPS) is 10.2. The van der Waals surface area contributed by atoms with Gasteiger partial charge in [0.05, 0.1) is 0 Å². The Labute approximate surface area is 106 Å². The number of nitrogen functional groups attached to an aromatic ring is 1. The Bertz CT molecular complexity index is 488. The molecule has 0 spiro atoms. The van der Waals surface area contributed by atoms with Crippen molar-refractivity contribution in [2.75, 3.05) is 5.73 Å². The van der Waals surface area contributed by atoms with Gasteiger partial charge in [0, 0.05) is 16.3 Å². The van der Waals surface area contributed by atoms with Crippen LogP contribution >= 0.6 is 11.6 Å². The minimum Gasteiger partial charge on any atom is -0.489 e. The molecule has 0 saturated heterocycles. The van der Waals surface area contributed by atoms with Gasteiger partial charge in [-0.2, -0.15) is 0 Å². The quantitative estimate of drug-likeness (QED) is 0.837. The van der Waals surface area contributed by atoms with Crippen molar-refractivity contribution in [3.63, 3.8) is 0 Å². The van der Waals surface area contributed by atoms with Crippen molar-refractivity contribution in [3.05, 3.63) is 58.6 Å². The molecule has 0 unspecified atom stereocenters. The van der Waals surface area contributed by atoms with Crippen LogP contribution in [0.3, 0.4) is 0 Å². The van der Waals surface area contributed by atoms with Crippen molar-refractivity contribution in [1.82, 2.24) is 0 Å². The number of nitrogens with two attached hydrogens (primary N) is 1. The van der Waals surface area contributed by atoms with E-state index in [1.54, 1.807) is 0 Å². The van der Waals surface area contributed by atoms with E-state index in [2.05, 4.69) is 0 Å². The van der Waals surface area contributed by atoms with E-state index >= 15 is 0 Å². The predicted octanol–water partition coefficient (Wildman–Crippen LogP) is 3.81. The van der Waals surface area contributed by atoms with Gasteiger partial charge in [-0.05, 0) is 31.2 Å². The Balaban J connectivity index is 2.10. The molecule has 0 saturated carbocycles. The van der Waals surface area contributed by atoms with Crippen LogP contribution in [0.1, 0.15) is 11.1 Å². The van der Waals surface area contributed by atoms with Gasteiger partial charge < -0.3 is 10.5 Å². The molecule has 0 aliphatic rings. The smallest absolute Gasteiger partial charge is 0.119 e. The first-order chi connectivity index (χ1) is 8.16. The largest absolute Gasteiger partial charge is 0.489 e. The molecule has 0 atom stereocenters. The van der Waals surface area contributed by atoms with Gasteiger partial charge in [-0.15, -0.1) is 0 Å². The van der Waals surface area contributed by atoms with Crippen LogP contribution in [0.5, 0.6) is 5.75 Å². The third kappa shape index (κ3) is 2.92. The van der Waals surface area contributed by atoms with Gasteiger partial charge in [0.15, 0.2) is 0 Å². The number of ether oxygens (including phenoxy) is 1. The number of hydrogen-bond acceptors (Lipinski definition) is 2. The lowest BCUT2D eigenvalue weighted by Crippen LogP contribution is -2.01. The molecule has 2 aromatic rings. The topological polar surface area (TPSA) is 35.2 Å². The standard InChI is InChI=1S/C14H14ClNO/c1-10-5-7-11(8-6-10)17-9-12-13(15)3-2-4-14(12)16/h2-8H,9,16H2,1H3. The Kier molecular flexibility index (Phi) is 3.55. The van der Waals surface area contributed by atoms with Gasteiger partial charge >= 0.3 is 0 Å². The molecule has 0 heterocycles. The summed E-state index contributed by atoms with van der Waals surface area (Å²) in [5, 5.41) is 0.636. The number of benzene rings is 2. The molecule has 0 radical (unpaired) electrons. The summed E-state index contributed by atoms with van der Waals surface area (Å²) in [6, 6.07) is 13.3. The highest BCUT2D eigenvalue weighted by atomic mass is 35.5. The van der Waals surface area contributed by atoms with Gasteiger partial charge in [-0.1, -0.05) is 35.4 Å².